The summed E-state index contributed by atoms with van der Waals surface area (Å²) in [5.74, 6) is -0.0345. The van der Waals surface area contributed by atoms with Crippen LogP contribution in [0.15, 0.2) is 18.2 Å². The van der Waals surface area contributed by atoms with Crippen molar-refractivity contribution >= 4 is 5.69 Å². The molecule has 1 aromatic rings. The van der Waals surface area contributed by atoms with Crippen molar-refractivity contribution in [2.24, 2.45) is 0 Å². The third-order valence-electron chi connectivity index (χ3n) is 3.39. The summed E-state index contributed by atoms with van der Waals surface area (Å²) in [4.78, 5) is 0. The summed E-state index contributed by atoms with van der Waals surface area (Å²) in [6.07, 6.45) is 4.93. The number of rotatable bonds is 5. The van der Waals surface area contributed by atoms with Gasteiger partial charge in [-0.2, -0.15) is 0 Å². The van der Waals surface area contributed by atoms with Crippen LogP contribution in [-0.2, 0) is 0 Å². The van der Waals surface area contributed by atoms with E-state index in [4.69, 9.17) is 4.74 Å². The summed E-state index contributed by atoms with van der Waals surface area (Å²) in [5, 5.41) is 6.75. The molecule has 0 bridgehead atoms. The van der Waals surface area contributed by atoms with E-state index in [2.05, 4.69) is 10.6 Å². The van der Waals surface area contributed by atoms with E-state index in [1.54, 1.807) is 6.07 Å². The van der Waals surface area contributed by atoms with E-state index in [0.717, 1.165) is 25.2 Å². The molecule has 4 heteroatoms. The lowest BCUT2D eigenvalue weighted by Crippen LogP contribution is -2.35. The van der Waals surface area contributed by atoms with Gasteiger partial charge in [0.15, 0.2) is 11.6 Å². The predicted octanol–water partition coefficient (Wildman–Crippen LogP) is 2.78. The average molecular weight is 252 g/mol. The molecule has 1 aliphatic rings. The second-order valence-corrected chi connectivity index (χ2v) is 4.71. The van der Waals surface area contributed by atoms with E-state index in [-0.39, 0.29) is 11.6 Å². The van der Waals surface area contributed by atoms with Crippen molar-refractivity contribution in [3.63, 3.8) is 0 Å². The molecular formula is C14H21FN2O. The van der Waals surface area contributed by atoms with Crippen LogP contribution in [0.3, 0.4) is 0 Å². The van der Waals surface area contributed by atoms with Crippen molar-refractivity contribution in [2.45, 2.75) is 31.7 Å². The lowest BCUT2D eigenvalue weighted by Gasteiger charge is -2.23. The molecule has 0 radical (unpaired) electrons. The second kappa shape index (κ2) is 6.59. The van der Waals surface area contributed by atoms with Gasteiger partial charge in [-0.15, -0.1) is 0 Å². The highest BCUT2D eigenvalue weighted by Gasteiger charge is 2.11. The van der Waals surface area contributed by atoms with Gasteiger partial charge in [0, 0.05) is 24.3 Å². The molecule has 1 aromatic carbocycles. The van der Waals surface area contributed by atoms with Crippen LogP contribution in [0.2, 0.25) is 0 Å². The summed E-state index contributed by atoms with van der Waals surface area (Å²) in [7, 11) is 1.47. The number of benzene rings is 1. The maximum atomic E-state index is 13.5. The van der Waals surface area contributed by atoms with Crippen LogP contribution in [-0.4, -0.2) is 26.2 Å². The molecule has 1 aliphatic heterocycles. The summed E-state index contributed by atoms with van der Waals surface area (Å²) < 4.78 is 18.3. The van der Waals surface area contributed by atoms with Gasteiger partial charge in [-0.05, 0) is 37.9 Å². The number of piperidine rings is 1. The van der Waals surface area contributed by atoms with E-state index in [1.165, 1.54) is 32.4 Å². The van der Waals surface area contributed by atoms with Gasteiger partial charge in [0.25, 0.3) is 0 Å². The zero-order valence-electron chi connectivity index (χ0n) is 10.8. The summed E-state index contributed by atoms with van der Waals surface area (Å²) in [6.45, 7) is 1.99. The molecule has 0 saturated carbocycles. The van der Waals surface area contributed by atoms with Crippen LogP contribution in [0.5, 0.6) is 5.75 Å². The number of halogens is 1. The lowest BCUT2D eigenvalue weighted by molar-refractivity contribution is 0.386. The third-order valence-corrected chi connectivity index (χ3v) is 3.39. The van der Waals surface area contributed by atoms with E-state index >= 15 is 0 Å². The zero-order valence-corrected chi connectivity index (χ0v) is 10.8. The Morgan fingerprint density at radius 2 is 2.33 bits per heavy atom. The number of ether oxygens (including phenoxy) is 1. The zero-order chi connectivity index (χ0) is 12.8. The second-order valence-electron chi connectivity index (χ2n) is 4.71. The topological polar surface area (TPSA) is 33.3 Å². The van der Waals surface area contributed by atoms with Gasteiger partial charge < -0.3 is 15.4 Å². The van der Waals surface area contributed by atoms with Gasteiger partial charge in [-0.3, -0.25) is 0 Å². The van der Waals surface area contributed by atoms with Crippen LogP contribution in [0.25, 0.3) is 0 Å². The molecule has 100 valence electrons. The molecular weight excluding hydrogens is 231 g/mol. The van der Waals surface area contributed by atoms with Crippen molar-refractivity contribution < 1.29 is 9.13 Å². The molecule has 0 amide bonds. The summed E-state index contributed by atoms with van der Waals surface area (Å²) in [5.41, 5.74) is 0.809. The number of nitrogens with one attached hydrogen (secondary N) is 2. The lowest BCUT2D eigenvalue weighted by atomic mass is 10.0. The molecule has 1 heterocycles. The van der Waals surface area contributed by atoms with Crippen molar-refractivity contribution in [3.8, 4) is 5.75 Å². The minimum Gasteiger partial charge on any atom is -0.494 e. The Balaban J connectivity index is 1.77. The van der Waals surface area contributed by atoms with Crippen LogP contribution >= 0.6 is 0 Å². The molecule has 0 spiro atoms. The summed E-state index contributed by atoms with van der Waals surface area (Å²) >= 11 is 0. The van der Waals surface area contributed by atoms with Crippen LogP contribution in [0.1, 0.15) is 25.7 Å². The van der Waals surface area contributed by atoms with Gasteiger partial charge in [-0.25, -0.2) is 4.39 Å². The van der Waals surface area contributed by atoms with Gasteiger partial charge in [0.1, 0.15) is 0 Å². The molecule has 0 aliphatic carbocycles. The van der Waals surface area contributed by atoms with Crippen LogP contribution < -0.4 is 15.4 Å². The Morgan fingerprint density at radius 3 is 3.00 bits per heavy atom. The van der Waals surface area contributed by atoms with Crippen molar-refractivity contribution in [1.82, 2.24) is 5.32 Å². The van der Waals surface area contributed by atoms with Gasteiger partial charge in [-0.1, -0.05) is 6.42 Å². The van der Waals surface area contributed by atoms with Crippen molar-refractivity contribution in [1.29, 1.82) is 0 Å². The first-order valence-corrected chi connectivity index (χ1v) is 6.60. The van der Waals surface area contributed by atoms with Crippen LogP contribution in [0, 0.1) is 5.82 Å². The van der Waals surface area contributed by atoms with Crippen molar-refractivity contribution in [2.75, 3.05) is 25.5 Å². The van der Waals surface area contributed by atoms with Gasteiger partial charge in [0.2, 0.25) is 0 Å². The number of hydrogen-bond donors (Lipinski definition) is 2. The van der Waals surface area contributed by atoms with Gasteiger partial charge >= 0.3 is 0 Å². The number of anilines is 1. The Bertz CT molecular complexity index is 378. The Labute approximate surface area is 108 Å². The highest BCUT2D eigenvalue weighted by molar-refractivity contribution is 5.47. The minimum atomic E-state index is -0.321. The fraction of sp³-hybridized carbons (Fsp3) is 0.571. The first kappa shape index (κ1) is 13.1. The largest absolute Gasteiger partial charge is 0.494 e. The normalized spacial score (nSPS) is 19.6. The maximum Gasteiger partial charge on any atom is 0.167 e. The Morgan fingerprint density at radius 1 is 1.44 bits per heavy atom. The van der Waals surface area contributed by atoms with E-state index in [9.17, 15) is 4.39 Å². The fourth-order valence-corrected chi connectivity index (χ4v) is 2.34. The van der Waals surface area contributed by atoms with E-state index < -0.39 is 0 Å². The highest BCUT2D eigenvalue weighted by Crippen LogP contribution is 2.20. The molecule has 2 rings (SSSR count). The number of hydrogen-bond acceptors (Lipinski definition) is 3. The molecule has 1 fully saturated rings. The van der Waals surface area contributed by atoms with E-state index in [0.29, 0.717) is 6.04 Å². The molecule has 1 atom stereocenters. The van der Waals surface area contributed by atoms with Gasteiger partial charge in [0.05, 0.1) is 7.11 Å². The van der Waals surface area contributed by atoms with Crippen molar-refractivity contribution in [3.05, 3.63) is 24.0 Å². The van der Waals surface area contributed by atoms with E-state index in [1.807, 2.05) is 6.07 Å². The first-order chi connectivity index (χ1) is 8.79. The number of methoxy groups -OCH3 is 1. The molecule has 2 N–H and O–H groups in total. The third kappa shape index (κ3) is 3.60. The highest BCUT2D eigenvalue weighted by atomic mass is 19.1. The Hall–Kier alpha value is -1.29. The predicted molar refractivity (Wildman–Crippen MR) is 71.7 cm³/mol. The maximum absolute atomic E-state index is 13.5. The minimum absolute atomic E-state index is 0.287. The SMILES string of the molecule is COc1ccc(NCCC2CCCCN2)cc1F. The molecule has 18 heavy (non-hydrogen) atoms. The molecule has 3 nitrogen and oxygen atoms in total. The molecule has 1 saturated heterocycles. The monoisotopic (exact) mass is 252 g/mol. The molecule has 0 aromatic heterocycles. The fourth-order valence-electron chi connectivity index (χ4n) is 2.34. The quantitative estimate of drug-likeness (QED) is 0.845. The smallest absolute Gasteiger partial charge is 0.167 e. The first-order valence-electron chi connectivity index (χ1n) is 6.60. The van der Waals surface area contributed by atoms with Crippen LogP contribution in [0.4, 0.5) is 10.1 Å². The standard InChI is InChI=1S/C14H21FN2O/c1-18-14-6-5-12(10-13(14)15)17-9-7-11-4-2-3-8-16-11/h5-6,10-11,16-17H,2-4,7-9H2,1H3. The summed E-state index contributed by atoms with van der Waals surface area (Å²) in [6, 6.07) is 5.58. The molecule has 1 unspecified atom stereocenters. The Kier molecular flexibility index (Phi) is 4.81. The average Bonchev–Trinajstić information content (AvgIpc) is 2.40.